The molecule has 0 radical (unpaired) electrons. The largest absolute Gasteiger partial charge is 0.387 e. The molecule has 2 atom stereocenters. The number of aryl methyl sites for hydroxylation is 1. The molecule has 0 spiro atoms. The van der Waals surface area contributed by atoms with Gasteiger partial charge < -0.3 is 10.4 Å². The lowest BCUT2D eigenvalue weighted by molar-refractivity contribution is 0.102. The molecule has 0 saturated carbocycles. The van der Waals surface area contributed by atoms with Crippen molar-refractivity contribution in [2.45, 2.75) is 30.4 Å². The van der Waals surface area contributed by atoms with Crippen LogP contribution in [0.3, 0.4) is 0 Å². The van der Waals surface area contributed by atoms with E-state index < -0.39 is 28.1 Å². The van der Waals surface area contributed by atoms with Crippen LogP contribution in [0.2, 0.25) is 0 Å². The monoisotopic (exact) mass is 440 g/mol. The van der Waals surface area contributed by atoms with Crippen molar-refractivity contribution in [2.24, 2.45) is 0 Å². The molecule has 4 rings (SSSR count). The number of halogens is 1. The van der Waals surface area contributed by atoms with E-state index in [0.29, 0.717) is 23.2 Å². The van der Waals surface area contributed by atoms with Gasteiger partial charge in [0.2, 0.25) is 10.0 Å². The predicted molar refractivity (Wildman–Crippen MR) is 115 cm³/mol. The standard InChI is InChI=1S/C23H21FN2O4S/c1-14-11-17(9-10-20(14)24)25-23(28)16-6-4-7-18(12-16)31(29,30)26-21-13-15-5-2-3-8-19(15)22(21)27/h2-12,21-22,26-27H,13H2,1H3,(H,25,28)/t21-,22+/m1/s1. The van der Waals surface area contributed by atoms with Crippen molar-refractivity contribution in [3.8, 4) is 0 Å². The number of hydrogen-bond acceptors (Lipinski definition) is 4. The van der Waals surface area contributed by atoms with Crippen LogP contribution in [0.1, 0.15) is 33.2 Å². The number of aliphatic hydroxyl groups is 1. The minimum Gasteiger partial charge on any atom is -0.387 e. The van der Waals surface area contributed by atoms with Crippen molar-refractivity contribution < 1.29 is 22.7 Å². The Morgan fingerprint density at radius 2 is 1.84 bits per heavy atom. The van der Waals surface area contributed by atoms with Gasteiger partial charge in [-0.3, -0.25) is 4.79 Å². The molecule has 0 aliphatic heterocycles. The van der Waals surface area contributed by atoms with E-state index in [2.05, 4.69) is 10.0 Å². The summed E-state index contributed by atoms with van der Waals surface area (Å²) in [5.74, 6) is -0.898. The number of sulfonamides is 1. The van der Waals surface area contributed by atoms with Crippen molar-refractivity contribution in [2.75, 3.05) is 5.32 Å². The van der Waals surface area contributed by atoms with E-state index in [1.807, 2.05) is 12.1 Å². The average Bonchev–Trinajstić information content (AvgIpc) is 3.06. The topological polar surface area (TPSA) is 95.5 Å². The Labute approximate surface area is 179 Å². The number of carbonyl (C=O) groups excluding carboxylic acids is 1. The molecule has 0 saturated heterocycles. The number of nitrogens with one attached hydrogen (secondary N) is 2. The molecule has 1 aliphatic rings. The molecule has 0 fully saturated rings. The number of hydrogen-bond donors (Lipinski definition) is 3. The van der Waals surface area contributed by atoms with Crippen molar-refractivity contribution in [1.82, 2.24) is 4.72 Å². The molecule has 0 bridgehead atoms. The molecular weight excluding hydrogens is 419 g/mol. The smallest absolute Gasteiger partial charge is 0.255 e. The highest BCUT2D eigenvalue weighted by Crippen LogP contribution is 2.32. The Hall–Kier alpha value is -3.07. The molecule has 3 aromatic carbocycles. The van der Waals surface area contributed by atoms with Crippen LogP contribution in [0.4, 0.5) is 10.1 Å². The summed E-state index contributed by atoms with van der Waals surface area (Å²) in [6, 6.07) is 16.4. The van der Waals surface area contributed by atoms with Gasteiger partial charge in [-0.25, -0.2) is 17.5 Å². The number of carbonyl (C=O) groups is 1. The molecular formula is C23H21FN2O4S. The molecule has 160 valence electrons. The Bertz CT molecular complexity index is 1260. The first-order chi connectivity index (χ1) is 14.7. The first kappa shape index (κ1) is 21.2. The van der Waals surface area contributed by atoms with Crippen LogP contribution in [0.5, 0.6) is 0 Å². The Kier molecular flexibility index (Phi) is 5.62. The van der Waals surface area contributed by atoms with E-state index in [0.717, 1.165) is 5.56 Å². The summed E-state index contributed by atoms with van der Waals surface area (Å²) in [6.45, 7) is 1.58. The maximum atomic E-state index is 13.4. The van der Waals surface area contributed by atoms with E-state index in [9.17, 15) is 22.7 Å². The van der Waals surface area contributed by atoms with E-state index in [1.54, 1.807) is 19.1 Å². The SMILES string of the molecule is Cc1cc(NC(=O)c2cccc(S(=O)(=O)N[C@@H]3Cc4ccccc4[C@@H]3O)c2)ccc1F. The molecule has 3 aromatic rings. The summed E-state index contributed by atoms with van der Waals surface area (Å²) in [7, 11) is -3.98. The van der Waals surface area contributed by atoms with Gasteiger partial charge in [-0.15, -0.1) is 0 Å². The van der Waals surface area contributed by atoms with Gasteiger partial charge in [-0.1, -0.05) is 30.3 Å². The molecule has 3 N–H and O–H groups in total. The molecule has 1 amide bonds. The van der Waals surface area contributed by atoms with Crippen LogP contribution in [0, 0.1) is 12.7 Å². The minimum atomic E-state index is -3.98. The van der Waals surface area contributed by atoms with Crippen molar-refractivity contribution in [3.63, 3.8) is 0 Å². The molecule has 8 heteroatoms. The van der Waals surface area contributed by atoms with Gasteiger partial charge in [0.05, 0.1) is 17.0 Å². The van der Waals surface area contributed by atoms with Crippen molar-refractivity contribution in [3.05, 3.63) is 94.8 Å². The van der Waals surface area contributed by atoms with Gasteiger partial charge in [-0.2, -0.15) is 0 Å². The molecule has 0 aromatic heterocycles. The first-order valence-electron chi connectivity index (χ1n) is 9.70. The number of anilines is 1. The van der Waals surface area contributed by atoms with Crippen LogP contribution >= 0.6 is 0 Å². The van der Waals surface area contributed by atoms with Gasteiger partial charge >= 0.3 is 0 Å². The highest BCUT2D eigenvalue weighted by molar-refractivity contribution is 7.89. The van der Waals surface area contributed by atoms with Crippen molar-refractivity contribution >= 4 is 21.6 Å². The number of aliphatic hydroxyl groups excluding tert-OH is 1. The Balaban J connectivity index is 1.52. The first-order valence-corrected chi connectivity index (χ1v) is 11.2. The van der Waals surface area contributed by atoms with E-state index in [1.165, 1.54) is 42.5 Å². The van der Waals surface area contributed by atoms with Gasteiger partial charge in [-0.05, 0) is 66.4 Å². The average molecular weight is 440 g/mol. The zero-order valence-electron chi connectivity index (χ0n) is 16.7. The van der Waals surface area contributed by atoms with E-state index >= 15 is 0 Å². The number of rotatable bonds is 5. The second kappa shape index (κ2) is 8.22. The molecule has 6 nitrogen and oxygen atoms in total. The highest BCUT2D eigenvalue weighted by Gasteiger charge is 2.34. The second-order valence-corrected chi connectivity index (χ2v) is 9.24. The lowest BCUT2D eigenvalue weighted by atomic mass is 10.1. The highest BCUT2D eigenvalue weighted by atomic mass is 32.2. The van der Waals surface area contributed by atoms with Crippen molar-refractivity contribution in [1.29, 1.82) is 0 Å². The zero-order valence-corrected chi connectivity index (χ0v) is 17.5. The van der Waals surface area contributed by atoms with Gasteiger partial charge in [0.1, 0.15) is 5.82 Å². The minimum absolute atomic E-state index is 0.0846. The van der Waals surface area contributed by atoms with Crippen LogP contribution in [0.25, 0.3) is 0 Å². The maximum Gasteiger partial charge on any atom is 0.255 e. The molecule has 0 unspecified atom stereocenters. The quantitative estimate of drug-likeness (QED) is 0.567. The number of benzene rings is 3. The predicted octanol–water partition coefficient (Wildman–Crippen LogP) is 3.32. The van der Waals surface area contributed by atoms with Gasteiger partial charge in [0.15, 0.2) is 0 Å². The van der Waals surface area contributed by atoms with Crippen LogP contribution in [0.15, 0.2) is 71.6 Å². The summed E-state index contributed by atoms with van der Waals surface area (Å²) >= 11 is 0. The lowest BCUT2D eigenvalue weighted by Gasteiger charge is -2.17. The third-order valence-corrected chi connectivity index (χ3v) is 6.81. The maximum absolute atomic E-state index is 13.4. The van der Waals surface area contributed by atoms with Crippen LogP contribution in [-0.4, -0.2) is 25.5 Å². The Morgan fingerprint density at radius 3 is 2.58 bits per heavy atom. The molecule has 31 heavy (non-hydrogen) atoms. The van der Waals surface area contributed by atoms with Gasteiger partial charge in [0.25, 0.3) is 5.91 Å². The van der Waals surface area contributed by atoms with E-state index in [4.69, 9.17) is 0 Å². The fraction of sp³-hybridized carbons (Fsp3) is 0.174. The summed E-state index contributed by atoms with van der Waals surface area (Å²) in [4.78, 5) is 12.5. The Morgan fingerprint density at radius 1 is 1.06 bits per heavy atom. The summed E-state index contributed by atoms with van der Waals surface area (Å²) in [5, 5.41) is 13.1. The fourth-order valence-electron chi connectivity index (χ4n) is 3.68. The second-order valence-electron chi connectivity index (χ2n) is 7.52. The fourth-order valence-corrected chi connectivity index (χ4v) is 4.96. The van der Waals surface area contributed by atoms with Gasteiger partial charge in [0, 0.05) is 11.3 Å². The van der Waals surface area contributed by atoms with Crippen LogP contribution < -0.4 is 10.0 Å². The zero-order chi connectivity index (χ0) is 22.2. The number of amides is 1. The van der Waals surface area contributed by atoms with Crippen LogP contribution in [-0.2, 0) is 16.4 Å². The third-order valence-electron chi connectivity index (χ3n) is 5.32. The lowest BCUT2D eigenvalue weighted by Crippen LogP contribution is -2.37. The summed E-state index contributed by atoms with van der Waals surface area (Å²) in [6.07, 6.45) is -0.570. The van der Waals surface area contributed by atoms with E-state index in [-0.39, 0.29) is 16.3 Å². The number of fused-ring (bicyclic) bond motifs is 1. The summed E-state index contributed by atoms with van der Waals surface area (Å²) in [5.41, 5.74) is 2.53. The normalized spacial score (nSPS) is 17.9. The molecule has 1 aliphatic carbocycles. The third kappa shape index (κ3) is 4.36. The molecule has 0 heterocycles. The summed E-state index contributed by atoms with van der Waals surface area (Å²) < 4.78 is 41.8.